The van der Waals surface area contributed by atoms with E-state index in [1.165, 1.54) is 15.6 Å². The molecule has 180 valence electrons. The van der Waals surface area contributed by atoms with E-state index in [1.54, 1.807) is 29.2 Å². The molecule has 0 unspecified atom stereocenters. The van der Waals surface area contributed by atoms with Gasteiger partial charge in [0.25, 0.3) is 5.91 Å². The van der Waals surface area contributed by atoms with E-state index in [2.05, 4.69) is 12.1 Å². The second-order valence-corrected chi connectivity index (χ2v) is 11.5. The Morgan fingerprint density at radius 3 is 2.37 bits per heavy atom. The zero-order chi connectivity index (χ0) is 24.4. The Hall–Kier alpha value is -3.20. The Labute approximate surface area is 209 Å². The van der Waals surface area contributed by atoms with Crippen LogP contribution in [-0.4, -0.2) is 49.7 Å². The minimum Gasteiger partial charge on any atom is -0.489 e. The van der Waals surface area contributed by atoms with Gasteiger partial charge >= 0.3 is 0 Å². The lowest BCUT2D eigenvalue weighted by molar-refractivity contribution is 0.0702. The highest BCUT2D eigenvalue weighted by molar-refractivity contribution is 7.89. The van der Waals surface area contributed by atoms with Crippen molar-refractivity contribution in [1.29, 1.82) is 0 Å². The third kappa shape index (κ3) is 5.10. The summed E-state index contributed by atoms with van der Waals surface area (Å²) in [7, 11) is -3.55. The van der Waals surface area contributed by atoms with Gasteiger partial charge in [0.1, 0.15) is 12.4 Å². The molecule has 8 heteroatoms. The first-order valence-corrected chi connectivity index (χ1v) is 13.8. The van der Waals surface area contributed by atoms with Crippen LogP contribution in [0, 0.1) is 6.92 Å². The Kier molecular flexibility index (Phi) is 6.60. The lowest BCUT2D eigenvalue weighted by Crippen LogP contribution is -2.50. The molecule has 5 rings (SSSR count). The molecule has 0 spiro atoms. The van der Waals surface area contributed by atoms with E-state index in [0.717, 1.165) is 27.6 Å². The molecule has 0 saturated carbocycles. The summed E-state index contributed by atoms with van der Waals surface area (Å²) < 4.78 is 33.2. The fourth-order valence-electron chi connectivity index (χ4n) is 4.13. The summed E-state index contributed by atoms with van der Waals surface area (Å²) in [5.41, 5.74) is 1.95. The number of aryl methyl sites for hydroxylation is 1. The van der Waals surface area contributed by atoms with Gasteiger partial charge in [0.05, 0.1) is 9.77 Å². The largest absolute Gasteiger partial charge is 0.489 e. The van der Waals surface area contributed by atoms with E-state index in [1.807, 2.05) is 48.7 Å². The third-order valence-electron chi connectivity index (χ3n) is 6.18. The van der Waals surface area contributed by atoms with Crippen LogP contribution in [0.5, 0.6) is 5.75 Å². The number of carbonyl (C=O) groups excluding carboxylic acids is 1. The molecule has 0 bridgehead atoms. The molecule has 3 aromatic carbocycles. The van der Waals surface area contributed by atoms with Crippen molar-refractivity contribution in [1.82, 2.24) is 9.21 Å². The third-order valence-corrected chi connectivity index (χ3v) is 9.06. The molecule has 1 saturated heterocycles. The highest BCUT2D eigenvalue weighted by Crippen LogP contribution is 2.24. The number of fused-ring (bicyclic) bond motifs is 1. The summed E-state index contributed by atoms with van der Waals surface area (Å²) in [4.78, 5) is 15.7. The first-order chi connectivity index (χ1) is 16.9. The molecule has 2 heterocycles. The van der Waals surface area contributed by atoms with Gasteiger partial charge in [-0.05, 0) is 53.4 Å². The number of carbonyl (C=O) groups is 1. The lowest BCUT2D eigenvalue weighted by Gasteiger charge is -2.33. The van der Waals surface area contributed by atoms with Gasteiger partial charge in [0, 0.05) is 31.7 Å². The molecule has 0 atom stereocenters. The van der Waals surface area contributed by atoms with Gasteiger partial charge in [-0.1, -0.05) is 48.0 Å². The van der Waals surface area contributed by atoms with Gasteiger partial charge in [-0.3, -0.25) is 4.79 Å². The minimum absolute atomic E-state index is 0.0701. The summed E-state index contributed by atoms with van der Waals surface area (Å²) in [6, 6.07) is 22.8. The molecule has 0 aliphatic carbocycles. The van der Waals surface area contributed by atoms with Crippen molar-refractivity contribution in [3.8, 4) is 5.75 Å². The zero-order valence-electron chi connectivity index (χ0n) is 19.4. The highest BCUT2D eigenvalue weighted by Gasteiger charge is 2.30. The van der Waals surface area contributed by atoms with Crippen LogP contribution in [0.2, 0.25) is 0 Å². The maximum absolute atomic E-state index is 13.0. The van der Waals surface area contributed by atoms with Gasteiger partial charge in [-0.2, -0.15) is 4.31 Å². The zero-order valence-corrected chi connectivity index (χ0v) is 21.0. The number of thiophene rings is 1. The summed E-state index contributed by atoms with van der Waals surface area (Å²) in [6.07, 6.45) is 0. The summed E-state index contributed by atoms with van der Waals surface area (Å²) in [5, 5.41) is 4.22. The van der Waals surface area contributed by atoms with Crippen LogP contribution in [-0.2, 0) is 16.6 Å². The summed E-state index contributed by atoms with van der Waals surface area (Å²) in [6.45, 7) is 3.60. The smallest absolute Gasteiger partial charge is 0.264 e. The number of nitrogens with zero attached hydrogens (tertiary/aromatic N) is 2. The van der Waals surface area contributed by atoms with Crippen molar-refractivity contribution in [3.63, 3.8) is 0 Å². The Morgan fingerprint density at radius 1 is 0.914 bits per heavy atom. The van der Waals surface area contributed by atoms with E-state index in [4.69, 9.17) is 4.74 Å². The molecule has 1 aromatic heterocycles. The molecule has 1 aliphatic heterocycles. The number of piperazine rings is 1. The van der Waals surface area contributed by atoms with Gasteiger partial charge in [0.15, 0.2) is 0 Å². The predicted molar refractivity (Wildman–Crippen MR) is 138 cm³/mol. The quantitative estimate of drug-likeness (QED) is 0.372. The molecule has 0 radical (unpaired) electrons. The number of hydrogen-bond acceptors (Lipinski definition) is 5. The van der Waals surface area contributed by atoms with Crippen LogP contribution >= 0.6 is 11.3 Å². The Bertz CT molecular complexity index is 1450. The summed E-state index contributed by atoms with van der Waals surface area (Å²) >= 11 is 1.39. The minimum atomic E-state index is -3.55. The number of rotatable bonds is 6. The van der Waals surface area contributed by atoms with Crippen LogP contribution in [0.1, 0.15) is 20.8 Å². The fourth-order valence-corrected chi connectivity index (χ4v) is 6.42. The highest BCUT2D eigenvalue weighted by atomic mass is 32.2. The SMILES string of the molecule is Cc1ccc(S(=O)(=O)N2CCN(C(=O)c3cc(COc4ccc5ccccc5c4)cs3)CC2)cc1. The van der Waals surface area contributed by atoms with Gasteiger partial charge in [-0.15, -0.1) is 11.3 Å². The Balaban J connectivity index is 1.18. The van der Waals surface area contributed by atoms with E-state index in [-0.39, 0.29) is 23.9 Å². The predicted octanol–water partition coefficient (Wildman–Crippen LogP) is 4.94. The molecule has 6 nitrogen and oxygen atoms in total. The molecule has 1 fully saturated rings. The van der Waals surface area contributed by atoms with E-state index < -0.39 is 10.0 Å². The van der Waals surface area contributed by atoms with Crippen LogP contribution in [0.3, 0.4) is 0 Å². The normalized spacial score (nSPS) is 14.8. The lowest BCUT2D eigenvalue weighted by atomic mass is 10.1. The molecule has 35 heavy (non-hydrogen) atoms. The Morgan fingerprint density at radius 2 is 1.63 bits per heavy atom. The standard InChI is InChI=1S/C27H26N2O4S2/c1-20-6-10-25(11-7-20)35(31,32)29-14-12-28(13-15-29)27(30)26-16-21(19-34-26)18-33-24-9-8-22-4-2-3-5-23(22)17-24/h2-11,16-17,19H,12-15,18H2,1H3. The monoisotopic (exact) mass is 506 g/mol. The van der Waals surface area contributed by atoms with Crippen LogP contribution < -0.4 is 4.74 Å². The van der Waals surface area contributed by atoms with E-state index in [0.29, 0.717) is 24.6 Å². The van der Waals surface area contributed by atoms with Crippen molar-refractivity contribution in [3.05, 3.63) is 94.2 Å². The van der Waals surface area contributed by atoms with Crippen molar-refractivity contribution >= 4 is 38.0 Å². The number of ether oxygens (including phenoxy) is 1. The molecule has 1 aliphatic rings. The molecular weight excluding hydrogens is 480 g/mol. The van der Waals surface area contributed by atoms with Crippen molar-refractivity contribution in [2.45, 2.75) is 18.4 Å². The molecular formula is C27H26N2O4S2. The van der Waals surface area contributed by atoms with Crippen molar-refractivity contribution in [2.24, 2.45) is 0 Å². The van der Waals surface area contributed by atoms with Crippen molar-refractivity contribution < 1.29 is 17.9 Å². The maximum Gasteiger partial charge on any atom is 0.264 e. The number of hydrogen-bond donors (Lipinski definition) is 0. The topological polar surface area (TPSA) is 66.9 Å². The van der Waals surface area contributed by atoms with Gasteiger partial charge < -0.3 is 9.64 Å². The van der Waals surface area contributed by atoms with E-state index >= 15 is 0 Å². The average Bonchev–Trinajstić information content (AvgIpc) is 3.36. The summed E-state index contributed by atoms with van der Waals surface area (Å²) in [5.74, 6) is 0.716. The number of benzene rings is 3. The second-order valence-electron chi connectivity index (χ2n) is 8.63. The molecule has 4 aromatic rings. The first kappa shape index (κ1) is 23.5. The van der Waals surface area contributed by atoms with Gasteiger partial charge in [0.2, 0.25) is 10.0 Å². The van der Waals surface area contributed by atoms with Crippen LogP contribution in [0.4, 0.5) is 0 Å². The average molecular weight is 507 g/mol. The molecule has 0 N–H and O–H groups in total. The van der Waals surface area contributed by atoms with E-state index in [9.17, 15) is 13.2 Å². The number of sulfonamides is 1. The van der Waals surface area contributed by atoms with Crippen LogP contribution in [0.15, 0.2) is 83.1 Å². The number of amides is 1. The maximum atomic E-state index is 13.0. The molecule has 1 amide bonds. The van der Waals surface area contributed by atoms with Crippen molar-refractivity contribution in [2.75, 3.05) is 26.2 Å². The first-order valence-electron chi connectivity index (χ1n) is 11.5. The fraction of sp³-hybridized carbons (Fsp3) is 0.222. The second kappa shape index (κ2) is 9.81. The van der Waals surface area contributed by atoms with Gasteiger partial charge in [-0.25, -0.2) is 8.42 Å². The van der Waals surface area contributed by atoms with Crippen LogP contribution in [0.25, 0.3) is 10.8 Å².